The van der Waals surface area contributed by atoms with E-state index in [9.17, 15) is 9.59 Å². The Morgan fingerprint density at radius 1 is 1.21 bits per heavy atom. The van der Waals surface area contributed by atoms with Crippen molar-refractivity contribution in [3.05, 3.63) is 71.8 Å². The fraction of sp³-hybridized carbons (Fsp3) is 0.200. The second-order valence-corrected chi connectivity index (χ2v) is 6.47. The van der Waals surface area contributed by atoms with E-state index in [0.29, 0.717) is 22.8 Å². The summed E-state index contributed by atoms with van der Waals surface area (Å²) in [6.07, 6.45) is 3.47. The summed E-state index contributed by atoms with van der Waals surface area (Å²) in [5.74, 6) is -1.32. The predicted molar refractivity (Wildman–Crippen MR) is 105 cm³/mol. The van der Waals surface area contributed by atoms with Crippen molar-refractivity contribution in [3.8, 4) is 5.69 Å². The quantitative estimate of drug-likeness (QED) is 0.614. The molecule has 2 aromatic carbocycles. The predicted octanol–water partition coefficient (Wildman–Crippen LogP) is 3.60. The minimum absolute atomic E-state index is 0.397. The molecule has 3 aromatic rings. The SMILES string of the molecule is CC[C@@H](C(=O)OCC(=O)Nc1cc(Cl)ccc1-n1cncn1)c1ccccc1. The Bertz CT molecular complexity index is 945. The third-order valence-electron chi connectivity index (χ3n) is 4.14. The topological polar surface area (TPSA) is 86.1 Å². The first-order valence-electron chi connectivity index (χ1n) is 8.74. The van der Waals surface area contributed by atoms with Gasteiger partial charge in [-0.25, -0.2) is 9.67 Å². The molecule has 0 aliphatic rings. The highest BCUT2D eigenvalue weighted by Crippen LogP contribution is 2.24. The van der Waals surface area contributed by atoms with E-state index in [1.807, 2.05) is 37.3 Å². The number of carbonyl (C=O) groups is 2. The molecule has 0 bridgehead atoms. The average molecular weight is 399 g/mol. The Labute approximate surface area is 167 Å². The zero-order valence-electron chi connectivity index (χ0n) is 15.2. The molecule has 1 amide bonds. The van der Waals surface area contributed by atoms with Gasteiger partial charge in [-0.15, -0.1) is 0 Å². The molecule has 0 saturated carbocycles. The summed E-state index contributed by atoms with van der Waals surface area (Å²) in [6, 6.07) is 14.3. The maximum Gasteiger partial charge on any atom is 0.313 e. The van der Waals surface area contributed by atoms with Crippen molar-refractivity contribution in [3.63, 3.8) is 0 Å². The summed E-state index contributed by atoms with van der Waals surface area (Å²) in [7, 11) is 0. The first-order valence-corrected chi connectivity index (χ1v) is 9.12. The average Bonchev–Trinajstić information content (AvgIpc) is 3.22. The van der Waals surface area contributed by atoms with Gasteiger partial charge in [-0.3, -0.25) is 9.59 Å². The lowest BCUT2D eigenvalue weighted by molar-refractivity contribution is -0.149. The van der Waals surface area contributed by atoms with Crippen LogP contribution < -0.4 is 5.32 Å². The molecule has 0 radical (unpaired) electrons. The summed E-state index contributed by atoms with van der Waals surface area (Å²) in [5.41, 5.74) is 1.89. The van der Waals surface area contributed by atoms with Crippen LogP contribution in [0.2, 0.25) is 5.02 Å². The molecule has 1 atom stereocenters. The van der Waals surface area contributed by atoms with E-state index in [4.69, 9.17) is 16.3 Å². The number of anilines is 1. The van der Waals surface area contributed by atoms with Crippen LogP contribution in [-0.2, 0) is 14.3 Å². The van der Waals surface area contributed by atoms with E-state index in [1.165, 1.54) is 17.3 Å². The Kier molecular flexibility index (Phi) is 6.39. The number of nitrogens with one attached hydrogen (secondary N) is 1. The lowest BCUT2D eigenvalue weighted by Crippen LogP contribution is -2.24. The minimum Gasteiger partial charge on any atom is -0.455 e. The molecule has 1 aromatic heterocycles. The van der Waals surface area contributed by atoms with Crippen LogP contribution in [0.3, 0.4) is 0 Å². The normalized spacial score (nSPS) is 11.6. The van der Waals surface area contributed by atoms with Crippen LogP contribution in [0.5, 0.6) is 0 Å². The molecule has 144 valence electrons. The second kappa shape index (κ2) is 9.14. The van der Waals surface area contributed by atoms with E-state index >= 15 is 0 Å². The molecule has 0 saturated heterocycles. The number of halogens is 1. The van der Waals surface area contributed by atoms with Gasteiger partial charge in [-0.1, -0.05) is 48.9 Å². The number of benzene rings is 2. The number of esters is 1. The number of carbonyl (C=O) groups excluding carboxylic acids is 2. The van der Waals surface area contributed by atoms with Gasteiger partial charge in [0.1, 0.15) is 12.7 Å². The van der Waals surface area contributed by atoms with Gasteiger partial charge < -0.3 is 10.1 Å². The Morgan fingerprint density at radius 2 is 2.00 bits per heavy atom. The highest BCUT2D eigenvalue weighted by Gasteiger charge is 2.21. The van der Waals surface area contributed by atoms with E-state index in [-0.39, 0.29) is 0 Å². The van der Waals surface area contributed by atoms with Gasteiger partial charge in [-0.2, -0.15) is 5.10 Å². The van der Waals surface area contributed by atoms with Gasteiger partial charge in [0, 0.05) is 5.02 Å². The number of hydrogen-bond donors (Lipinski definition) is 1. The molecule has 7 nitrogen and oxygen atoms in total. The Hall–Kier alpha value is -3.19. The molecular weight excluding hydrogens is 380 g/mol. The standard InChI is InChI=1S/C20H19ClN4O3/c1-2-16(14-6-4-3-5-7-14)20(27)28-11-19(26)24-17-10-15(21)8-9-18(17)25-13-22-12-23-25/h3-10,12-13,16H,2,11H2,1H3,(H,24,26)/t16-/m1/s1. The molecule has 8 heteroatoms. The van der Waals surface area contributed by atoms with Crippen LogP contribution in [0, 0.1) is 0 Å². The number of aromatic nitrogens is 3. The lowest BCUT2D eigenvalue weighted by Gasteiger charge is -2.15. The lowest BCUT2D eigenvalue weighted by atomic mass is 9.97. The van der Waals surface area contributed by atoms with Crippen molar-refractivity contribution in [2.45, 2.75) is 19.3 Å². The summed E-state index contributed by atoms with van der Waals surface area (Å²) in [5, 5.41) is 7.20. The van der Waals surface area contributed by atoms with Crippen molar-refractivity contribution < 1.29 is 14.3 Å². The molecule has 3 rings (SSSR count). The van der Waals surface area contributed by atoms with E-state index in [2.05, 4.69) is 15.4 Å². The largest absolute Gasteiger partial charge is 0.455 e. The molecular formula is C20H19ClN4O3. The number of hydrogen-bond acceptors (Lipinski definition) is 5. The molecule has 0 spiro atoms. The summed E-state index contributed by atoms with van der Waals surface area (Å²) in [6.45, 7) is 1.50. The zero-order valence-corrected chi connectivity index (χ0v) is 16.0. The third kappa shape index (κ3) is 4.75. The smallest absolute Gasteiger partial charge is 0.313 e. The number of nitrogens with zero attached hydrogens (tertiary/aromatic N) is 3. The molecule has 0 aliphatic heterocycles. The Morgan fingerprint density at radius 3 is 2.68 bits per heavy atom. The highest BCUT2D eigenvalue weighted by molar-refractivity contribution is 6.31. The minimum atomic E-state index is -0.472. The molecule has 0 unspecified atom stereocenters. The maximum atomic E-state index is 12.4. The van der Waals surface area contributed by atoms with E-state index < -0.39 is 24.4 Å². The molecule has 1 N–H and O–H groups in total. The van der Waals surface area contributed by atoms with Crippen LogP contribution in [-0.4, -0.2) is 33.2 Å². The van der Waals surface area contributed by atoms with Gasteiger partial charge in [0.2, 0.25) is 0 Å². The van der Waals surface area contributed by atoms with Crippen molar-refractivity contribution in [1.82, 2.24) is 14.8 Å². The number of ether oxygens (including phenoxy) is 1. The first-order chi connectivity index (χ1) is 13.6. The summed E-state index contributed by atoms with van der Waals surface area (Å²) < 4.78 is 6.73. The van der Waals surface area contributed by atoms with Crippen LogP contribution in [0.15, 0.2) is 61.2 Å². The second-order valence-electron chi connectivity index (χ2n) is 6.03. The molecule has 0 fully saturated rings. The van der Waals surface area contributed by atoms with Gasteiger partial charge in [0.25, 0.3) is 5.91 Å². The van der Waals surface area contributed by atoms with Gasteiger partial charge in [-0.05, 0) is 30.2 Å². The van der Waals surface area contributed by atoms with Gasteiger partial charge in [0.15, 0.2) is 6.61 Å². The molecule has 1 heterocycles. The Balaban J connectivity index is 1.65. The fourth-order valence-electron chi connectivity index (χ4n) is 2.79. The van der Waals surface area contributed by atoms with Gasteiger partial charge in [0.05, 0.1) is 17.3 Å². The van der Waals surface area contributed by atoms with Crippen LogP contribution in [0.4, 0.5) is 5.69 Å². The van der Waals surface area contributed by atoms with Crippen LogP contribution in [0.25, 0.3) is 5.69 Å². The third-order valence-corrected chi connectivity index (χ3v) is 4.37. The molecule has 28 heavy (non-hydrogen) atoms. The monoisotopic (exact) mass is 398 g/mol. The number of rotatable bonds is 7. The van der Waals surface area contributed by atoms with Crippen LogP contribution >= 0.6 is 11.6 Å². The number of amides is 1. The summed E-state index contributed by atoms with van der Waals surface area (Å²) >= 11 is 6.04. The maximum absolute atomic E-state index is 12.4. The molecule has 0 aliphatic carbocycles. The van der Waals surface area contributed by atoms with Crippen molar-refractivity contribution in [2.75, 3.05) is 11.9 Å². The van der Waals surface area contributed by atoms with Crippen molar-refractivity contribution in [1.29, 1.82) is 0 Å². The van der Waals surface area contributed by atoms with Crippen molar-refractivity contribution >= 4 is 29.2 Å². The van der Waals surface area contributed by atoms with E-state index in [1.54, 1.807) is 18.2 Å². The highest BCUT2D eigenvalue weighted by atomic mass is 35.5. The van der Waals surface area contributed by atoms with Crippen molar-refractivity contribution in [2.24, 2.45) is 0 Å². The van der Waals surface area contributed by atoms with Gasteiger partial charge >= 0.3 is 5.97 Å². The fourth-order valence-corrected chi connectivity index (χ4v) is 2.96. The first kappa shape index (κ1) is 19.6. The summed E-state index contributed by atoms with van der Waals surface area (Å²) in [4.78, 5) is 28.6. The van der Waals surface area contributed by atoms with E-state index in [0.717, 1.165) is 5.56 Å². The zero-order chi connectivity index (χ0) is 19.9. The van der Waals surface area contributed by atoms with Crippen LogP contribution in [0.1, 0.15) is 24.8 Å².